The molecule has 0 aliphatic heterocycles. The van der Waals surface area contributed by atoms with Gasteiger partial charge < -0.3 is 5.32 Å². The Kier molecular flexibility index (Phi) is 3.87. The van der Waals surface area contributed by atoms with Crippen molar-refractivity contribution >= 4 is 15.7 Å². The maximum absolute atomic E-state index is 12.3. The van der Waals surface area contributed by atoms with E-state index in [0.29, 0.717) is 11.6 Å². The molecular formula is C12H19N3O2S. The fourth-order valence-electron chi connectivity index (χ4n) is 2.37. The number of rotatable bonds is 4. The number of hydrogen-bond donors (Lipinski definition) is 2. The summed E-state index contributed by atoms with van der Waals surface area (Å²) in [4.78, 5) is 3.98. The van der Waals surface area contributed by atoms with Crippen LogP contribution in [0, 0.1) is 5.92 Å². The van der Waals surface area contributed by atoms with Crippen molar-refractivity contribution in [2.75, 3.05) is 12.4 Å². The summed E-state index contributed by atoms with van der Waals surface area (Å²) in [7, 11) is -1.85. The van der Waals surface area contributed by atoms with E-state index in [9.17, 15) is 8.42 Å². The van der Waals surface area contributed by atoms with Gasteiger partial charge in [-0.2, -0.15) is 0 Å². The molecule has 1 aliphatic carbocycles. The van der Waals surface area contributed by atoms with Crippen LogP contribution in [-0.2, 0) is 10.0 Å². The predicted molar refractivity (Wildman–Crippen MR) is 70.9 cm³/mol. The highest BCUT2D eigenvalue weighted by Crippen LogP contribution is 2.27. The number of nitrogens with one attached hydrogen (secondary N) is 2. The van der Waals surface area contributed by atoms with E-state index in [1.807, 2.05) is 0 Å². The molecule has 0 aromatic carbocycles. The largest absolute Gasteiger partial charge is 0.386 e. The number of pyridine rings is 1. The Morgan fingerprint density at radius 1 is 1.39 bits per heavy atom. The first kappa shape index (κ1) is 13.3. The van der Waals surface area contributed by atoms with E-state index in [4.69, 9.17) is 0 Å². The van der Waals surface area contributed by atoms with Crippen LogP contribution in [0.3, 0.4) is 0 Å². The normalized spacial score (nSPS) is 24.1. The van der Waals surface area contributed by atoms with E-state index in [-0.39, 0.29) is 11.1 Å². The number of hydrogen-bond acceptors (Lipinski definition) is 4. The number of nitrogens with zero attached hydrogens (tertiary/aromatic N) is 1. The number of sulfonamides is 1. The van der Waals surface area contributed by atoms with Crippen LogP contribution in [0.2, 0.25) is 0 Å². The third-order valence-electron chi connectivity index (χ3n) is 3.46. The van der Waals surface area contributed by atoms with Crippen LogP contribution >= 0.6 is 0 Å². The lowest BCUT2D eigenvalue weighted by atomic mass is 10.1. The Morgan fingerprint density at radius 2 is 2.17 bits per heavy atom. The highest BCUT2D eigenvalue weighted by molar-refractivity contribution is 7.89. The molecule has 18 heavy (non-hydrogen) atoms. The van der Waals surface area contributed by atoms with Crippen molar-refractivity contribution in [3.05, 3.63) is 18.3 Å². The molecule has 100 valence electrons. The Morgan fingerprint density at radius 3 is 2.78 bits per heavy atom. The van der Waals surface area contributed by atoms with Crippen molar-refractivity contribution in [1.82, 2.24) is 9.71 Å². The van der Waals surface area contributed by atoms with Crippen LogP contribution < -0.4 is 10.0 Å². The molecule has 1 heterocycles. The van der Waals surface area contributed by atoms with Crippen LogP contribution in [0.1, 0.15) is 26.2 Å². The molecule has 1 fully saturated rings. The van der Waals surface area contributed by atoms with E-state index < -0.39 is 10.0 Å². The van der Waals surface area contributed by atoms with Gasteiger partial charge in [0.1, 0.15) is 0 Å². The number of anilines is 1. The first-order valence-electron chi connectivity index (χ1n) is 6.19. The molecule has 0 bridgehead atoms. The molecule has 1 aromatic rings. The second-order valence-corrected chi connectivity index (χ2v) is 6.37. The quantitative estimate of drug-likeness (QED) is 0.870. The fourth-order valence-corrected chi connectivity index (χ4v) is 3.89. The summed E-state index contributed by atoms with van der Waals surface area (Å²) in [5.41, 5.74) is 0.524. The van der Waals surface area contributed by atoms with Crippen LogP contribution in [-0.4, -0.2) is 26.5 Å². The van der Waals surface area contributed by atoms with Crippen molar-refractivity contribution in [2.45, 2.75) is 37.3 Å². The lowest BCUT2D eigenvalue weighted by Crippen LogP contribution is -2.37. The lowest BCUT2D eigenvalue weighted by Gasteiger charge is -2.18. The summed E-state index contributed by atoms with van der Waals surface area (Å²) in [6.07, 6.45) is 4.55. The molecule has 2 rings (SSSR count). The van der Waals surface area contributed by atoms with E-state index in [2.05, 4.69) is 21.9 Å². The standard InChI is InChI=1S/C12H19N3O2S/c1-9-5-3-6-10(9)15-18(16,17)12-11(13-2)7-4-8-14-12/h4,7-10,13,15H,3,5-6H2,1-2H3. The molecule has 6 heteroatoms. The maximum Gasteiger partial charge on any atom is 0.260 e. The van der Waals surface area contributed by atoms with Crippen molar-refractivity contribution < 1.29 is 8.42 Å². The first-order chi connectivity index (χ1) is 8.54. The average molecular weight is 269 g/mol. The van der Waals surface area contributed by atoms with Gasteiger partial charge in [-0.25, -0.2) is 18.1 Å². The molecule has 1 saturated carbocycles. The minimum absolute atomic E-state index is 0.0294. The predicted octanol–water partition coefficient (Wildman–Crippen LogP) is 1.59. The van der Waals surface area contributed by atoms with Crippen molar-refractivity contribution in [3.8, 4) is 0 Å². The zero-order chi connectivity index (χ0) is 13.2. The van der Waals surface area contributed by atoms with Gasteiger partial charge in [0, 0.05) is 19.3 Å². The van der Waals surface area contributed by atoms with E-state index >= 15 is 0 Å². The molecule has 0 spiro atoms. The average Bonchev–Trinajstić information content (AvgIpc) is 2.74. The maximum atomic E-state index is 12.3. The van der Waals surface area contributed by atoms with E-state index in [0.717, 1.165) is 19.3 Å². The van der Waals surface area contributed by atoms with Gasteiger partial charge in [-0.1, -0.05) is 13.3 Å². The van der Waals surface area contributed by atoms with Gasteiger partial charge in [-0.05, 0) is 30.9 Å². The first-order valence-corrected chi connectivity index (χ1v) is 7.68. The molecule has 2 atom stereocenters. The highest BCUT2D eigenvalue weighted by Gasteiger charge is 2.30. The molecule has 1 aromatic heterocycles. The summed E-state index contributed by atoms with van der Waals surface area (Å²) in [5.74, 6) is 0.390. The summed E-state index contributed by atoms with van der Waals surface area (Å²) in [6.45, 7) is 2.08. The monoisotopic (exact) mass is 269 g/mol. The molecule has 2 N–H and O–H groups in total. The Bertz CT molecular complexity index is 516. The molecule has 0 saturated heterocycles. The summed E-state index contributed by atoms with van der Waals surface area (Å²) < 4.78 is 27.4. The Hall–Kier alpha value is -1.14. The summed E-state index contributed by atoms with van der Waals surface area (Å²) >= 11 is 0. The van der Waals surface area contributed by atoms with Crippen molar-refractivity contribution in [3.63, 3.8) is 0 Å². The fraction of sp³-hybridized carbons (Fsp3) is 0.583. The minimum atomic E-state index is -3.54. The third-order valence-corrected chi connectivity index (χ3v) is 4.91. The van der Waals surface area contributed by atoms with Gasteiger partial charge in [0.15, 0.2) is 5.03 Å². The second-order valence-electron chi connectivity index (χ2n) is 4.74. The topological polar surface area (TPSA) is 71.1 Å². The summed E-state index contributed by atoms with van der Waals surface area (Å²) in [6, 6.07) is 3.45. The Labute approximate surface area is 108 Å². The van der Waals surface area contributed by atoms with Gasteiger partial charge in [-0.3, -0.25) is 0 Å². The van der Waals surface area contributed by atoms with Gasteiger partial charge >= 0.3 is 0 Å². The summed E-state index contributed by atoms with van der Waals surface area (Å²) in [5, 5.41) is 2.93. The van der Waals surface area contributed by atoms with Gasteiger partial charge in [-0.15, -0.1) is 0 Å². The third kappa shape index (κ3) is 2.64. The van der Waals surface area contributed by atoms with Gasteiger partial charge in [0.25, 0.3) is 10.0 Å². The minimum Gasteiger partial charge on any atom is -0.386 e. The lowest BCUT2D eigenvalue weighted by molar-refractivity contribution is 0.475. The molecule has 0 amide bonds. The molecule has 5 nitrogen and oxygen atoms in total. The molecule has 0 radical (unpaired) electrons. The SMILES string of the molecule is CNc1cccnc1S(=O)(=O)NC1CCCC1C. The smallest absolute Gasteiger partial charge is 0.260 e. The van der Waals surface area contributed by atoms with E-state index in [1.165, 1.54) is 6.20 Å². The zero-order valence-corrected chi connectivity index (χ0v) is 11.5. The zero-order valence-electron chi connectivity index (χ0n) is 10.7. The second kappa shape index (κ2) is 5.24. The van der Waals surface area contributed by atoms with E-state index in [1.54, 1.807) is 19.2 Å². The number of aromatic nitrogens is 1. The van der Waals surface area contributed by atoms with Crippen molar-refractivity contribution in [2.24, 2.45) is 5.92 Å². The van der Waals surface area contributed by atoms with Gasteiger partial charge in [0.05, 0.1) is 5.69 Å². The van der Waals surface area contributed by atoms with Gasteiger partial charge in [0.2, 0.25) is 0 Å². The van der Waals surface area contributed by atoms with Crippen LogP contribution in [0.4, 0.5) is 5.69 Å². The van der Waals surface area contributed by atoms with Crippen LogP contribution in [0.15, 0.2) is 23.4 Å². The van der Waals surface area contributed by atoms with Crippen LogP contribution in [0.25, 0.3) is 0 Å². The van der Waals surface area contributed by atoms with Crippen LogP contribution in [0.5, 0.6) is 0 Å². The molecule has 1 aliphatic rings. The van der Waals surface area contributed by atoms with Crippen molar-refractivity contribution in [1.29, 1.82) is 0 Å². The Balaban J connectivity index is 2.25. The molecule has 2 unspecified atom stereocenters. The highest BCUT2D eigenvalue weighted by atomic mass is 32.2. The molecular weight excluding hydrogens is 250 g/mol.